The second-order valence-electron chi connectivity index (χ2n) is 2.13. The number of halogens is 1. The third kappa shape index (κ3) is 3.53. The Labute approximate surface area is 90.0 Å². The molecule has 2 nitrogen and oxygen atoms in total. The van der Waals surface area contributed by atoms with Crippen LogP contribution in [0, 0.1) is 6.92 Å². The smallest absolute Gasteiger partial charge is 0.152 e. The number of aryl methyl sites for hydroxylation is 1. The Bertz CT molecular complexity index is 276. The second kappa shape index (κ2) is 5.53. The predicted molar refractivity (Wildman–Crippen MR) is 62.3 cm³/mol. The summed E-state index contributed by atoms with van der Waals surface area (Å²) in [5, 5.41) is 2.02. The van der Waals surface area contributed by atoms with Crippen molar-refractivity contribution < 1.29 is 0 Å². The van der Waals surface area contributed by atoms with E-state index in [1.807, 2.05) is 24.5 Å². The average molecular weight is 292 g/mol. The van der Waals surface area contributed by atoms with Crippen LogP contribution in [0.2, 0.25) is 0 Å². The van der Waals surface area contributed by atoms with Gasteiger partial charge in [0, 0.05) is 15.7 Å². The van der Waals surface area contributed by atoms with Crippen molar-refractivity contribution in [2.24, 2.45) is 0 Å². The van der Waals surface area contributed by atoms with E-state index in [1.54, 1.807) is 18.0 Å². The van der Waals surface area contributed by atoms with Gasteiger partial charge in [0.2, 0.25) is 0 Å². The fraction of sp³-hybridized carbons (Fsp3) is 0.250. The van der Waals surface area contributed by atoms with Gasteiger partial charge in [-0.15, -0.1) is 11.8 Å². The summed E-state index contributed by atoms with van der Waals surface area (Å²) >= 11 is 4.04. The molecule has 0 N–H and O–H groups in total. The molecule has 0 unspecified atom stereocenters. The minimum Gasteiger partial charge on any atom is -0.237 e. The number of nitrogens with zero attached hydrogens (tertiary/aromatic N) is 2. The van der Waals surface area contributed by atoms with Crippen LogP contribution in [0.3, 0.4) is 0 Å². The van der Waals surface area contributed by atoms with Crippen molar-refractivity contribution in [2.75, 3.05) is 3.76 Å². The molecule has 0 atom stereocenters. The van der Waals surface area contributed by atoms with E-state index in [-0.39, 0.29) is 0 Å². The number of thioether (sulfide) groups is 1. The van der Waals surface area contributed by atoms with E-state index in [9.17, 15) is 0 Å². The molecule has 0 aliphatic carbocycles. The highest BCUT2D eigenvalue weighted by atomic mass is 127. The third-order valence-corrected chi connectivity index (χ3v) is 2.72. The molecule has 1 aromatic heterocycles. The molecule has 0 amide bonds. The maximum atomic E-state index is 4.23. The highest BCUT2D eigenvalue weighted by molar-refractivity contribution is 14.1. The minimum atomic E-state index is 0.785. The highest BCUT2D eigenvalue weighted by Crippen LogP contribution is 2.08. The molecule has 1 heterocycles. The normalized spacial score (nSPS) is 10.8. The maximum absolute atomic E-state index is 4.23. The lowest BCUT2D eigenvalue weighted by Gasteiger charge is -1.92. The topological polar surface area (TPSA) is 25.8 Å². The van der Waals surface area contributed by atoms with E-state index in [0.717, 1.165) is 15.3 Å². The van der Waals surface area contributed by atoms with Crippen LogP contribution in [0.15, 0.2) is 17.7 Å². The molecule has 4 heteroatoms. The van der Waals surface area contributed by atoms with Crippen molar-refractivity contribution in [3.05, 3.63) is 29.2 Å². The molecule has 1 aromatic rings. The highest BCUT2D eigenvalue weighted by Gasteiger charge is 1.88. The van der Waals surface area contributed by atoms with Crippen LogP contribution >= 0.6 is 34.4 Å². The monoisotopic (exact) mass is 292 g/mol. The zero-order chi connectivity index (χ0) is 8.81. The molecule has 0 radical (unpaired) electrons. The minimum absolute atomic E-state index is 0.785. The van der Waals surface area contributed by atoms with Crippen LogP contribution in [-0.4, -0.2) is 13.7 Å². The Balaban J connectivity index is 2.63. The standard InChI is InChI=1S/C8H9IN2S/c1-7-2-4-10-8(11-7)3-5-12-6-9/h2-5H,6H2,1H3/b5-3+. The number of alkyl halides is 1. The molecule has 12 heavy (non-hydrogen) atoms. The molecule has 1 rings (SSSR count). The van der Waals surface area contributed by atoms with Gasteiger partial charge in [0.1, 0.15) is 0 Å². The fourth-order valence-electron chi connectivity index (χ4n) is 0.694. The van der Waals surface area contributed by atoms with E-state index in [4.69, 9.17) is 0 Å². The summed E-state index contributed by atoms with van der Waals surface area (Å²) in [6.45, 7) is 1.96. The Hall–Kier alpha value is -0.100. The molecular weight excluding hydrogens is 283 g/mol. The summed E-state index contributed by atoms with van der Waals surface area (Å²) < 4.78 is 1.06. The first-order chi connectivity index (χ1) is 5.83. The van der Waals surface area contributed by atoms with Gasteiger partial charge in [0.05, 0.1) is 0 Å². The Morgan fingerprint density at radius 1 is 1.67 bits per heavy atom. The molecule has 0 aliphatic rings. The zero-order valence-electron chi connectivity index (χ0n) is 6.70. The van der Waals surface area contributed by atoms with Crippen molar-refractivity contribution in [3.63, 3.8) is 0 Å². The molecular formula is C8H9IN2S. The van der Waals surface area contributed by atoms with Crippen LogP contribution in [0.1, 0.15) is 11.5 Å². The fourth-order valence-corrected chi connectivity index (χ4v) is 1.61. The van der Waals surface area contributed by atoms with Gasteiger partial charge in [-0.2, -0.15) is 0 Å². The third-order valence-electron chi connectivity index (χ3n) is 1.19. The van der Waals surface area contributed by atoms with Crippen LogP contribution in [0.4, 0.5) is 0 Å². The Kier molecular flexibility index (Phi) is 4.60. The van der Waals surface area contributed by atoms with Gasteiger partial charge in [-0.3, -0.25) is 0 Å². The van der Waals surface area contributed by atoms with Crippen LogP contribution in [0.25, 0.3) is 6.08 Å². The van der Waals surface area contributed by atoms with E-state index < -0.39 is 0 Å². The predicted octanol–water partition coefficient (Wildman–Crippen LogP) is 2.88. The first-order valence-electron chi connectivity index (χ1n) is 3.46. The van der Waals surface area contributed by atoms with Gasteiger partial charge in [0.25, 0.3) is 0 Å². The SMILES string of the molecule is Cc1ccnc(/C=C/SCI)n1. The average Bonchev–Trinajstić information content (AvgIpc) is 2.05. The Morgan fingerprint density at radius 2 is 2.50 bits per heavy atom. The molecule has 64 valence electrons. The molecule has 0 saturated heterocycles. The Morgan fingerprint density at radius 3 is 3.17 bits per heavy atom. The molecule has 0 aromatic carbocycles. The van der Waals surface area contributed by atoms with Crippen LogP contribution in [0.5, 0.6) is 0 Å². The van der Waals surface area contributed by atoms with Gasteiger partial charge >= 0.3 is 0 Å². The molecule has 0 aliphatic heterocycles. The summed E-state index contributed by atoms with van der Waals surface area (Å²) in [5.74, 6) is 0.785. The molecule has 0 fully saturated rings. The largest absolute Gasteiger partial charge is 0.237 e. The van der Waals surface area contributed by atoms with Crippen molar-refractivity contribution >= 4 is 40.4 Å². The maximum Gasteiger partial charge on any atom is 0.152 e. The summed E-state index contributed by atoms with van der Waals surface area (Å²) in [7, 11) is 0. The number of hydrogen-bond acceptors (Lipinski definition) is 3. The van der Waals surface area contributed by atoms with E-state index in [0.29, 0.717) is 0 Å². The van der Waals surface area contributed by atoms with Crippen LogP contribution < -0.4 is 0 Å². The zero-order valence-corrected chi connectivity index (χ0v) is 9.67. The van der Waals surface area contributed by atoms with E-state index >= 15 is 0 Å². The van der Waals surface area contributed by atoms with Gasteiger partial charge in [0.15, 0.2) is 5.82 Å². The van der Waals surface area contributed by atoms with Crippen molar-refractivity contribution in [2.45, 2.75) is 6.92 Å². The van der Waals surface area contributed by atoms with E-state index in [2.05, 4.69) is 32.6 Å². The number of aromatic nitrogens is 2. The quantitative estimate of drug-likeness (QED) is 0.633. The van der Waals surface area contributed by atoms with Crippen molar-refractivity contribution in [1.82, 2.24) is 9.97 Å². The van der Waals surface area contributed by atoms with Gasteiger partial charge in [-0.1, -0.05) is 22.6 Å². The number of rotatable bonds is 3. The lowest BCUT2D eigenvalue weighted by Crippen LogP contribution is -1.87. The first-order valence-corrected chi connectivity index (χ1v) is 6.04. The summed E-state index contributed by atoms with van der Waals surface area (Å²) in [6.07, 6.45) is 3.70. The summed E-state index contributed by atoms with van der Waals surface area (Å²) in [4.78, 5) is 8.33. The molecule has 0 spiro atoms. The van der Waals surface area contributed by atoms with Gasteiger partial charge < -0.3 is 0 Å². The van der Waals surface area contributed by atoms with Crippen LogP contribution in [-0.2, 0) is 0 Å². The van der Waals surface area contributed by atoms with Crippen molar-refractivity contribution in [3.8, 4) is 0 Å². The number of hydrogen-bond donors (Lipinski definition) is 0. The summed E-state index contributed by atoms with van der Waals surface area (Å²) in [6, 6.07) is 1.89. The lowest BCUT2D eigenvalue weighted by atomic mass is 10.4. The molecule has 0 saturated carbocycles. The molecule has 0 bridgehead atoms. The summed E-state index contributed by atoms with van der Waals surface area (Å²) in [5.41, 5.74) is 1.00. The second-order valence-corrected chi connectivity index (χ2v) is 4.83. The van der Waals surface area contributed by atoms with E-state index in [1.165, 1.54) is 0 Å². The van der Waals surface area contributed by atoms with Gasteiger partial charge in [-0.25, -0.2) is 9.97 Å². The van der Waals surface area contributed by atoms with Gasteiger partial charge in [-0.05, 0) is 24.5 Å². The lowest BCUT2D eigenvalue weighted by molar-refractivity contribution is 1.08. The first kappa shape index (κ1) is 9.98. The van der Waals surface area contributed by atoms with Crippen molar-refractivity contribution in [1.29, 1.82) is 0 Å².